The highest BCUT2D eigenvalue weighted by atomic mass is 32.1. The largest absolute Gasteiger partial charge is 0.383 e. The molecule has 0 unspecified atom stereocenters. The molecule has 2 N–H and O–H groups in total. The summed E-state index contributed by atoms with van der Waals surface area (Å²) >= 11 is 1.53. The lowest BCUT2D eigenvalue weighted by Gasteiger charge is -2.16. The highest BCUT2D eigenvalue weighted by Gasteiger charge is 2.20. The second-order valence-corrected chi connectivity index (χ2v) is 5.16. The number of anilines is 1. The quantitative estimate of drug-likeness (QED) is 0.685. The number of amides is 1. The van der Waals surface area contributed by atoms with E-state index in [1.807, 2.05) is 17.5 Å². The number of nitrogen functional groups attached to an aromatic ring is 1. The first-order valence-corrected chi connectivity index (χ1v) is 6.54. The standard InChI is InChI=1S/C12H12N4O3S/c1-15(7-9-3-2-4-20-9)12(17)10-5-8(16(18)19)6-14-11(10)13/h2-6H,7H2,1H3,(H2,13,14). The van der Waals surface area contributed by atoms with Crippen molar-refractivity contribution in [3.05, 3.63) is 50.3 Å². The molecule has 104 valence electrons. The van der Waals surface area contributed by atoms with E-state index in [0.717, 1.165) is 17.1 Å². The van der Waals surface area contributed by atoms with Crippen LogP contribution in [0.2, 0.25) is 0 Å². The van der Waals surface area contributed by atoms with Crippen LogP contribution in [-0.2, 0) is 6.54 Å². The fourth-order valence-electron chi connectivity index (χ4n) is 1.65. The summed E-state index contributed by atoms with van der Waals surface area (Å²) in [5, 5.41) is 12.6. The monoisotopic (exact) mass is 292 g/mol. The molecule has 8 heteroatoms. The number of nitrogens with two attached hydrogens (primary N) is 1. The van der Waals surface area contributed by atoms with Crippen molar-refractivity contribution in [3.63, 3.8) is 0 Å². The summed E-state index contributed by atoms with van der Waals surface area (Å²) in [5.41, 5.74) is 5.41. The van der Waals surface area contributed by atoms with Gasteiger partial charge in [-0.3, -0.25) is 14.9 Å². The van der Waals surface area contributed by atoms with E-state index in [2.05, 4.69) is 4.98 Å². The molecule has 0 aliphatic rings. The van der Waals surface area contributed by atoms with Gasteiger partial charge in [0, 0.05) is 18.0 Å². The fraction of sp³-hybridized carbons (Fsp3) is 0.167. The van der Waals surface area contributed by atoms with Gasteiger partial charge in [-0.05, 0) is 11.4 Å². The minimum absolute atomic E-state index is 0.0152. The molecule has 0 saturated heterocycles. The number of rotatable bonds is 4. The minimum atomic E-state index is -0.609. The van der Waals surface area contributed by atoms with Gasteiger partial charge in [0.1, 0.15) is 12.0 Å². The molecule has 0 spiro atoms. The van der Waals surface area contributed by atoms with Gasteiger partial charge in [0.15, 0.2) is 0 Å². The molecule has 0 radical (unpaired) electrons. The van der Waals surface area contributed by atoms with Crippen LogP contribution >= 0.6 is 11.3 Å². The number of nitrogens with zero attached hydrogens (tertiary/aromatic N) is 3. The average molecular weight is 292 g/mol. The van der Waals surface area contributed by atoms with E-state index < -0.39 is 10.8 Å². The van der Waals surface area contributed by atoms with Crippen molar-refractivity contribution in [2.75, 3.05) is 12.8 Å². The maximum absolute atomic E-state index is 12.3. The number of hydrogen-bond acceptors (Lipinski definition) is 6. The number of thiophene rings is 1. The lowest BCUT2D eigenvalue weighted by Crippen LogP contribution is -2.27. The van der Waals surface area contributed by atoms with Gasteiger partial charge in [0.25, 0.3) is 11.6 Å². The second-order valence-electron chi connectivity index (χ2n) is 4.12. The van der Waals surface area contributed by atoms with Gasteiger partial charge < -0.3 is 10.6 Å². The first-order chi connectivity index (χ1) is 9.49. The maximum Gasteiger partial charge on any atom is 0.288 e. The van der Waals surface area contributed by atoms with Crippen molar-refractivity contribution in [1.29, 1.82) is 0 Å². The summed E-state index contributed by atoms with van der Waals surface area (Å²) < 4.78 is 0. The molecule has 0 aromatic carbocycles. The van der Waals surface area contributed by atoms with Gasteiger partial charge in [-0.15, -0.1) is 11.3 Å². The third-order valence-corrected chi connectivity index (χ3v) is 3.53. The van der Waals surface area contributed by atoms with Crippen molar-refractivity contribution >= 4 is 28.7 Å². The third-order valence-electron chi connectivity index (χ3n) is 2.67. The van der Waals surface area contributed by atoms with Crippen LogP contribution in [0.15, 0.2) is 29.8 Å². The minimum Gasteiger partial charge on any atom is -0.383 e. The Morgan fingerprint density at radius 1 is 1.60 bits per heavy atom. The average Bonchev–Trinajstić information content (AvgIpc) is 2.91. The summed E-state index contributed by atoms with van der Waals surface area (Å²) in [6.45, 7) is 0.415. The fourth-order valence-corrected chi connectivity index (χ4v) is 2.41. The van der Waals surface area contributed by atoms with Gasteiger partial charge in [-0.25, -0.2) is 4.98 Å². The predicted octanol–water partition coefficient (Wildman–Crippen LogP) is 1.91. The van der Waals surface area contributed by atoms with Crippen LogP contribution < -0.4 is 5.73 Å². The van der Waals surface area contributed by atoms with Gasteiger partial charge in [0.2, 0.25) is 0 Å². The molecule has 0 saturated carbocycles. The summed E-state index contributed by atoms with van der Waals surface area (Å²) in [6, 6.07) is 4.95. The smallest absolute Gasteiger partial charge is 0.288 e. The first-order valence-electron chi connectivity index (χ1n) is 5.67. The Kier molecular flexibility index (Phi) is 3.94. The van der Waals surface area contributed by atoms with E-state index in [9.17, 15) is 14.9 Å². The Bertz CT molecular complexity index is 642. The second kappa shape index (κ2) is 5.66. The van der Waals surface area contributed by atoms with Crippen molar-refractivity contribution < 1.29 is 9.72 Å². The summed E-state index contributed by atoms with van der Waals surface area (Å²) in [5.74, 6) is -0.411. The molecule has 0 aliphatic carbocycles. The van der Waals surface area contributed by atoms with Crippen molar-refractivity contribution in [3.8, 4) is 0 Å². The molecule has 2 heterocycles. The topological polar surface area (TPSA) is 102 Å². The zero-order valence-electron chi connectivity index (χ0n) is 10.6. The maximum atomic E-state index is 12.3. The van der Waals surface area contributed by atoms with Gasteiger partial charge >= 0.3 is 0 Å². The number of nitro groups is 1. The number of pyridine rings is 1. The molecule has 2 aromatic heterocycles. The Morgan fingerprint density at radius 2 is 2.35 bits per heavy atom. The van der Waals surface area contributed by atoms with Crippen molar-refractivity contribution in [2.45, 2.75) is 6.54 Å². The molecule has 20 heavy (non-hydrogen) atoms. The molecule has 2 aromatic rings. The van der Waals surface area contributed by atoms with Crippen LogP contribution in [0.3, 0.4) is 0 Å². The van der Waals surface area contributed by atoms with E-state index >= 15 is 0 Å². The van der Waals surface area contributed by atoms with Gasteiger partial charge in [-0.2, -0.15) is 0 Å². The van der Waals surface area contributed by atoms with Crippen molar-refractivity contribution in [1.82, 2.24) is 9.88 Å². The van der Waals surface area contributed by atoms with Crippen LogP contribution in [0.25, 0.3) is 0 Å². The molecule has 0 atom stereocenters. The van der Waals surface area contributed by atoms with E-state index in [0.29, 0.717) is 6.54 Å². The van der Waals surface area contributed by atoms with E-state index in [1.54, 1.807) is 7.05 Å². The van der Waals surface area contributed by atoms with Gasteiger partial charge in [-0.1, -0.05) is 6.07 Å². The molecule has 0 aliphatic heterocycles. The molecule has 1 amide bonds. The lowest BCUT2D eigenvalue weighted by atomic mass is 10.2. The summed E-state index contributed by atoms with van der Waals surface area (Å²) in [4.78, 5) is 28.5. The molecule has 2 rings (SSSR count). The van der Waals surface area contributed by atoms with E-state index in [-0.39, 0.29) is 17.1 Å². The number of carbonyl (C=O) groups excluding carboxylic acids is 1. The summed E-state index contributed by atoms with van der Waals surface area (Å²) in [6.07, 6.45) is 1.03. The zero-order valence-corrected chi connectivity index (χ0v) is 11.5. The van der Waals surface area contributed by atoms with E-state index in [1.165, 1.54) is 16.2 Å². The Labute approximate surface area is 118 Å². The third kappa shape index (κ3) is 2.91. The Balaban J connectivity index is 2.23. The highest BCUT2D eigenvalue weighted by Crippen LogP contribution is 2.19. The van der Waals surface area contributed by atoms with Crippen LogP contribution in [-0.4, -0.2) is 27.8 Å². The lowest BCUT2D eigenvalue weighted by molar-refractivity contribution is -0.385. The molecule has 0 fully saturated rings. The molecular weight excluding hydrogens is 280 g/mol. The number of hydrogen-bond donors (Lipinski definition) is 1. The van der Waals surface area contributed by atoms with Crippen LogP contribution in [0, 0.1) is 10.1 Å². The Morgan fingerprint density at radius 3 is 2.95 bits per heavy atom. The van der Waals surface area contributed by atoms with E-state index in [4.69, 9.17) is 5.73 Å². The normalized spacial score (nSPS) is 10.2. The SMILES string of the molecule is CN(Cc1cccs1)C(=O)c1cc([N+](=O)[O-])cnc1N. The zero-order chi connectivity index (χ0) is 14.7. The van der Waals surface area contributed by atoms with Crippen LogP contribution in [0.1, 0.15) is 15.2 Å². The summed E-state index contributed by atoms with van der Waals surface area (Å²) in [7, 11) is 1.61. The molecular formula is C12H12N4O3S. The predicted molar refractivity (Wildman–Crippen MR) is 75.4 cm³/mol. The molecule has 7 nitrogen and oxygen atoms in total. The van der Waals surface area contributed by atoms with Crippen molar-refractivity contribution in [2.24, 2.45) is 0 Å². The highest BCUT2D eigenvalue weighted by molar-refractivity contribution is 7.09. The van der Waals surface area contributed by atoms with Crippen LogP contribution in [0.5, 0.6) is 0 Å². The number of aromatic nitrogens is 1. The first kappa shape index (κ1) is 13.9. The van der Waals surface area contributed by atoms with Gasteiger partial charge in [0.05, 0.1) is 17.0 Å². The Hall–Kier alpha value is -2.48. The van der Waals surface area contributed by atoms with Crippen LogP contribution in [0.4, 0.5) is 11.5 Å². The number of carbonyl (C=O) groups is 1. The molecule has 0 bridgehead atoms.